The number of nitrogens with one attached hydrogen (secondary N) is 1. The molecule has 1 unspecified atom stereocenters. The van der Waals surface area contributed by atoms with Crippen LogP contribution < -0.4 is 4.90 Å². The lowest BCUT2D eigenvalue weighted by Crippen LogP contribution is -2.27. The zero-order valence-corrected chi connectivity index (χ0v) is 17.0. The smallest absolute Gasteiger partial charge is 0.311 e. The summed E-state index contributed by atoms with van der Waals surface area (Å²) in [6.45, 7) is 6.59. The minimum absolute atomic E-state index is 0.0516. The van der Waals surface area contributed by atoms with Crippen LogP contribution in [0.5, 0.6) is 0 Å². The Morgan fingerprint density at radius 3 is 2.38 bits per heavy atom. The number of hydrogen-bond acceptors (Lipinski definition) is 5. The van der Waals surface area contributed by atoms with E-state index < -0.39 is 24.3 Å². The fourth-order valence-electron chi connectivity index (χ4n) is 3.72. The van der Waals surface area contributed by atoms with Gasteiger partial charge < -0.3 is 14.6 Å². The van der Waals surface area contributed by atoms with E-state index in [9.17, 15) is 19.2 Å². The number of esters is 1. The van der Waals surface area contributed by atoms with Crippen LogP contribution in [0.25, 0.3) is 0 Å². The average Bonchev–Trinajstić information content (AvgIpc) is 3.19. The van der Waals surface area contributed by atoms with Crippen LogP contribution in [0.1, 0.15) is 51.0 Å². The monoisotopic (exact) mass is 396 g/mol. The molecule has 1 N–H and O–H groups in total. The van der Waals surface area contributed by atoms with Gasteiger partial charge >= 0.3 is 5.97 Å². The predicted molar refractivity (Wildman–Crippen MR) is 107 cm³/mol. The highest BCUT2D eigenvalue weighted by atomic mass is 16.5. The summed E-state index contributed by atoms with van der Waals surface area (Å²) in [7, 11) is 0. The number of aromatic nitrogens is 1. The van der Waals surface area contributed by atoms with Gasteiger partial charge in [-0.1, -0.05) is 17.7 Å². The maximum atomic E-state index is 12.5. The first-order chi connectivity index (χ1) is 13.7. The van der Waals surface area contributed by atoms with Crippen LogP contribution in [-0.4, -0.2) is 41.6 Å². The van der Waals surface area contributed by atoms with Crippen LogP contribution >= 0.6 is 0 Å². The Morgan fingerprint density at radius 1 is 1.14 bits per heavy atom. The summed E-state index contributed by atoms with van der Waals surface area (Å²) < 4.78 is 5.19. The summed E-state index contributed by atoms with van der Waals surface area (Å²) in [6, 6.07) is 7.49. The summed E-state index contributed by atoms with van der Waals surface area (Å²) in [6.07, 6.45) is 0.0516. The molecule has 0 bridgehead atoms. The van der Waals surface area contributed by atoms with Gasteiger partial charge in [0, 0.05) is 29.9 Å². The van der Waals surface area contributed by atoms with Crippen molar-refractivity contribution in [3.63, 3.8) is 0 Å². The Kier molecular flexibility index (Phi) is 5.68. The van der Waals surface area contributed by atoms with E-state index in [1.165, 1.54) is 6.92 Å². The second-order valence-electron chi connectivity index (χ2n) is 7.45. The molecule has 0 aliphatic carbocycles. The third-order valence-corrected chi connectivity index (χ3v) is 5.22. The number of anilines is 1. The zero-order chi connectivity index (χ0) is 21.3. The first-order valence-electron chi connectivity index (χ1n) is 9.46. The third-order valence-electron chi connectivity index (χ3n) is 5.22. The topological polar surface area (TPSA) is 96.5 Å². The lowest BCUT2D eigenvalue weighted by molar-refractivity contribution is -0.147. The molecule has 1 aliphatic heterocycles. The van der Waals surface area contributed by atoms with Crippen molar-refractivity contribution in [2.75, 3.05) is 18.1 Å². The summed E-state index contributed by atoms with van der Waals surface area (Å²) >= 11 is 0. The molecule has 1 atom stereocenters. The maximum absolute atomic E-state index is 12.5. The van der Waals surface area contributed by atoms with Gasteiger partial charge in [0.25, 0.3) is 0 Å². The molecule has 1 aliphatic rings. The van der Waals surface area contributed by atoms with Gasteiger partial charge in [-0.3, -0.25) is 19.2 Å². The van der Waals surface area contributed by atoms with E-state index in [2.05, 4.69) is 4.98 Å². The van der Waals surface area contributed by atoms with Gasteiger partial charge in [0.05, 0.1) is 11.6 Å². The van der Waals surface area contributed by atoms with Gasteiger partial charge in [-0.05, 0) is 45.4 Å². The Balaban J connectivity index is 1.62. The molecule has 2 heterocycles. The molecular weight excluding hydrogens is 372 g/mol. The van der Waals surface area contributed by atoms with Crippen LogP contribution in [0.2, 0.25) is 0 Å². The molecule has 1 fully saturated rings. The quantitative estimate of drug-likeness (QED) is 0.598. The SMILES string of the molecule is CC(=O)c1c(C)[nH]c(C(=O)COC(=O)C2CC(=O)N(c3ccc(C)cc3)C2)c1C. The second kappa shape index (κ2) is 8.03. The molecule has 7 nitrogen and oxygen atoms in total. The largest absolute Gasteiger partial charge is 0.457 e. The number of aryl methyl sites for hydroxylation is 2. The van der Waals surface area contributed by atoms with Gasteiger partial charge in [-0.2, -0.15) is 0 Å². The summed E-state index contributed by atoms with van der Waals surface area (Å²) in [5.74, 6) is -1.88. The number of Topliss-reactive ketones (excluding diaryl/α,β-unsaturated/α-hetero) is 2. The fraction of sp³-hybridized carbons (Fsp3) is 0.364. The van der Waals surface area contributed by atoms with E-state index in [1.54, 1.807) is 18.7 Å². The van der Waals surface area contributed by atoms with Crippen LogP contribution in [0.3, 0.4) is 0 Å². The predicted octanol–water partition coefficient (Wildman–Crippen LogP) is 2.92. The number of nitrogens with zero attached hydrogens (tertiary/aromatic N) is 1. The van der Waals surface area contributed by atoms with E-state index in [0.717, 1.165) is 11.3 Å². The highest BCUT2D eigenvalue weighted by Crippen LogP contribution is 2.26. The normalized spacial score (nSPS) is 16.2. The number of carbonyl (C=O) groups is 4. The standard InChI is InChI=1S/C22H24N2O5/c1-12-5-7-17(8-6-12)24-10-16(9-19(24)27)22(28)29-11-18(26)21-13(2)20(15(4)25)14(3)23-21/h5-8,16,23H,9-11H2,1-4H3. The lowest BCUT2D eigenvalue weighted by Gasteiger charge is -2.16. The number of H-pyrrole nitrogens is 1. The first-order valence-corrected chi connectivity index (χ1v) is 9.46. The molecule has 1 amide bonds. The number of benzene rings is 1. The van der Waals surface area contributed by atoms with Crippen molar-refractivity contribution in [2.24, 2.45) is 5.92 Å². The second-order valence-corrected chi connectivity index (χ2v) is 7.45. The highest BCUT2D eigenvalue weighted by Gasteiger charge is 2.36. The highest BCUT2D eigenvalue weighted by molar-refractivity contribution is 6.04. The summed E-state index contributed by atoms with van der Waals surface area (Å²) in [5, 5.41) is 0. The minimum Gasteiger partial charge on any atom is -0.457 e. The summed E-state index contributed by atoms with van der Waals surface area (Å²) in [4.78, 5) is 53.3. The first kappa shape index (κ1) is 20.5. The van der Waals surface area contributed by atoms with E-state index in [0.29, 0.717) is 16.8 Å². The van der Waals surface area contributed by atoms with Gasteiger partial charge in [0.2, 0.25) is 11.7 Å². The van der Waals surface area contributed by atoms with Crippen LogP contribution in [0.4, 0.5) is 5.69 Å². The minimum atomic E-state index is -0.615. The van der Waals surface area contributed by atoms with Gasteiger partial charge in [-0.15, -0.1) is 0 Å². The van der Waals surface area contributed by atoms with Gasteiger partial charge in [0.1, 0.15) is 0 Å². The Morgan fingerprint density at radius 2 is 1.79 bits per heavy atom. The Bertz CT molecular complexity index is 987. The summed E-state index contributed by atoms with van der Waals surface area (Å²) in [5.41, 5.74) is 3.73. The van der Waals surface area contributed by atoms with E-state index in [-0.39, 0.29) is 30.3 Å². The molecule has 29 heavy (non-hydrogen) atoms. The molecule has 0 radical (unpaired) electrons. The average molecular weight is 396 g/mol. The van der Waals surface area contributed by atoms with E-state index in [1.807, 2.05) is 31.2 Å². The molecule has 0 spiro atoms. The maximum Gasteiger partial charge on any atom is 0.311 e. The number of aromatic amines is 1. The van der Waals surface area contributed by atoms with Crippen molar-refractivity contribution in [2.45, 2.75) is 34.1 Å². The number of ether oxygens (including phenoxy) is 1. The molecule has 152 valence electrons. The molecule has 2 aromatic rings. The van der Waals surface area contributed by atoms with Crippen molar-refractivity contribution in [3.05, 3.63) is 52.3 Å². The number of amides is 1. The number of carbonyl (C=O) groups excluding carboxylic acids is 4. The zero-order valence-electron chi connectivity index (χ0n) is 17.0. The molecular formula is C22H24N2O5. The number of ketones is 2. The van der Waals surface area contributed by atoms with Crippen molar-refractivity contribution in [1.82, 2.24) is 4.98 Å². The van der Waals surface area contributed by atoms with Crippen molar-refractivity contribution in [3.8, 4) is 0 Å². The Hall–Kier alpha value is -3.22. The third kappa shape index (κ3) is 4.13. The van der Waals surface area contributed by atoms with Crippen LogP contribution in [-0.2, 0) is 14.3 Å². The molecule has 1 aromatic heterocycles. The van der Waals surface area contributed by atoms with E-state index in [4.69, 9.17) is 4.74 Å². The lowest BCUT2D eigenvalue weighted by atomic mass is 10.1. The van der Waals surface area contributed by atoms with Gasteiger partial charge in [0.15, 0.2) is 12.4 Å². The Labute approximate surface area is 169 Å². The molecule has 1 aromatic carbocycles. The van der Waals surface area contributed by atoms with Crippen LogP contribution in [0, 0.1) is 26.7 Å². The van der Waals surface area contributed by atoms with E-state index >= 15 is 0 Å². The molecule has 1 saturated heterocycles. The number of hydrogen-bond donors (Lipinski definition) is 1. The number of rotatable bonds is 6. The fourth-order valence-corrected chi connectivity index (χ4v) is 3.72. The van der Waals surface area contributed by atoms with Crippen LogP contribution in [0.15, 0.2) is 24.3 Å². The van der Waals surface area contributed by atoms with Crippen molar-refractivity contribution >= 4 is 29.1 Å². The van der Waals surface area contributed by atoms with Crippen molar-refractivity contribution < 1.29 is 23.9 Å². The van der Waals surface area contributed by atoms with Gasteiger partial charge in [-0.25, -0.2) is 0 Å². The van der Waals surface area contributed by atoms with Crippen molar-refractivity contribution in [1.29, 1.82) is 0 Å². The molecule has 0 saturated carbocycles. The molecule has 7 heteroatoms. The molecule has 3 rings (SSSR count).